The van der Waals surface area contributed by atoms with Gasteiger partial charge in [0.25, 0.3) is 11.5 Å². The number of nitrogens with one attached hydrogen (secondary N) is 1. The van der Waals surface area contributed by atoms with Crippen molar-refractivity contribution in [2.75, 3.05) is 30.9 Å². The fourth-order valence-corrected chi connectivity index (χ4v) is 4.24. The molecular formula is C22H26N4O4S. The first-order chi connectivity index (χ1) is 14.8. The van der Waals surface area contributed by atoms with Crippen LogP contribution in [-0.4, -0.2) is 35.7 Å². The summed E-state index contributed by atoms with van der Waals surface area (Å²) < 4.78 is 6.38. The van der Waals surface area contributed by atoms with Crippen molar-refractivity contribution in [3.63, 3.8) is 0 Å². The lowest BCUT2D eigenvalue weighted by atomic mass is 10.2. The average Bonchev–Trinajstić information content (AvgIpc) is 3.08. The van der Waals surface area contributed by atoms with Gasteiger partial charge in [-0.25, -0.2) is 4.79 Å². The quantitative estimate of drug-likeness (QED) is 0.521. The molecule has 0 spiro atoms. The van der Waals surface area contributed by atoms with Crippen LogP contribution in [0, 0.1) is 13.8 Å². The molecule has 164 valence electrons. The highest BCUT2D eigenvalue weighted by Gasteiger charge is 2.26. The van der Waals surface area contributed by atoms with Crippen LogP contribution in [0.3, 0.4) is 0 Å². The van der Waals surface area contributed by atoms with Gasteiger partial charge in [0.1, 0.15) is 5.82 Å². The summed E-state index contributed by atoms with van der Waals surface area (Å²) in [7, 11) is 1.57. The topological polar surface area (TPSA) is 110 Å². The number of aromatic nitrogens is 2. The molecule has 0 radical (unpaired) electrons. The van der Waals surface area contributed by atoms with Crippen LogP contribution in [0.2, 0.25) is 0 Å². The normalized spacial score (nSPS) is 10.9. The first kappa shape index (κ1) is 22.5. The van der Waals surface area contributed by atoms with E-state index in [2.05, 4.69) is 4.98 Å². The Morgan fingerprint density at radius 2 is 1.94 bits per heavy atom. The summed E-state index contributed by atoms with van der Waals surface area (Å²) in [4.78, 5) is 43.8. The second-order valence-electron chi connectivity index (χ2n) is 7.22. The molecule has 0 aliphatic heterocycles. The van der Waals surface area contributed by atoms with Gasteiger partial charge >= 0.3 is 5.69 Å². The molecule has 0 fully saturated rings. The minimum absolute atomic E-state index is 0.0275. The molecule has 3 N–H and O–H groups in total. The van der Waals surface area contributed by atoms with Gasteiger partial charge in [0.05, 0.1) is 11.4 Å². The number of carbonyl (C=O) groups excluding carboxylic acids is 1. The first-order valence-electron chi connectivity index (χ1n) is 9.87. The van der Waals surface area contributed by atoms with Gasteiger partial charge in [-0.2, -0.15) is 0 Å². The number of nitrogen functional groups attached to an aromatic ring is 1. The maximum Gasteiger partial charge on any atom is 0.330 e. The lowest BCUT2D eigenvalue weighted by Gasteiger charge is -2.24. The second kappa shape index (κ2) is 9.76. The molecule has 0 bridgehead atoms. The van der Waals surface area contributed by atoms with Crippen LogP contribution in [0.25, 0.3) is 0 Å². The Labute approximate surface area is 183 Å². The van der Waals surface area contributed by atoms with Crippen molar-refractivity contribution in [3.05, 3.63) is 78.1 Å². The number of nitrogens with zero attached hydrogens (tertiary/aromatic N) is 2. The van der Waals surface area contributed by atoms with E-state index in [0.717, 1.165) is 16.0 Å². The van der Waals surface area contributed by atoms with Crippen molar-refractivity contribution < 1.29 is 9.53 Å². The average molecular weight is 443 g/mol. The molecule has 3 rings (SSSR count). The maximum atomic E-state index is 13.4. The third-order valence-corrected chi connectivity index (χ3v) is 6.16. The summed E-state index contributed by atoms with van der Waals surface area (Å²) in [5.41, 5.74) is 6.81. The molecule has 2 heterocycles. The molecule has 0 saturated carbocycles. The Kier molecular flexibility index (Phi) is 7.09. The third-order valence-electron chi connectivity index (χ3n) is 5.02. The highest BCUT2D eigenvalue weighted by molar-refractivity contribution is 7.14. The number of benzene rings is 1. The van der Waals surface area contributed by atoms with E-state index < -0.39 is 11.2 Å². The standard InChI is InChI=1S/C22H26N4O4S/c1-14-12-17(31-15(14)2)21(28)25(10-7-11-30-3)18-19(23)26(22(29)24-20(18)27)13-16-8-5-4-6-9-16/h4-6,8-9,12H,7,10-11,13,23H2,1-3H3,(H,24,27,29). The molecule has 9 heteroatoms. The number of nitrogens with two attached hydrogens (primary N) is 1. The van der Waals surface area contributed by atoms with Gasteiger partial charge in [0.2, 0.25) is 0 Å². The van der Waals surface area contributed by atoms with Gasteiger partial charge in [-0.1, -0.05) is 30.3 Å². The zero-order chi connectivity index (χ0) is 22.5. The first-order valence-corrected chi connectivity index (χ1v) is 10.7. The summed E-state index contributed by atoms with van der Waals surface area (Å²) in [5, 5.41) is 0. The predicted molar refractivity (Wildman–Crippen MR) is 123 cm³/mol. The second-order valence-corrected chi connectivity index (χ2v) is 8.47. The van der Waals surface area contributed by atoms with Gasteiger partial charge in [0, 0.05) is 25.1 Å². The lowest BCUT2D eigenvalue weighted by molar-refractivity contribution is 0.0987. The number of methoxy groups -OCH3 is 1. The summed E-state index contributed by atoms with van der Waals surface area (Å²) in [5.74, 6) is -0.382. The van der Waals surface area contributed by atoms with E-state index in [1.54, 1.807) is 13.2 Å². The summed E-state index contributed by atoms with van der Waals surface area (Å²) >= 11 is 1.36. The summed E-state index contributed by atoms with van der Waals surface area (Å²) in [6, 6.07) is 11.1. The van der Waals surface area contributed by atoms with Crippen molar-refractivity contribution in [3.8, 4) is 0 Å². The Morgan fingerprint density at radius 1 is 1.23 bits per heavy atom. The van der Waals surface area contributed by atoms with Crippen molar-refractivity contribution >= 4 is 28.7 Å². The maximum absolute atomic E-state index is 13.4. The smallest absolute Gasteiger partial charge is 0.330 e. The Hall–Kier alpha value is -3.17. The fourth-order valence-electron chi connectivity index (χ4n) is 3.25. The van der Waals surface area contributed by atoms with Crippen LogP contribution in [0.5, 0.6) is 0 Å². The van der Waals surface area contributed by atoms with Crippen molar-refractivity contribution in [1.29, 1.82) is 0 Å². The minimum atomic E-state index is -0.692. The molecule has 31 heavy (non-hydrogen) atoms. The molecule has 0 unspecified atom stereocenters. The molecule has 0 saturated heterocycles. The number of ether oxygens (including phenoxy) is 1. The van der Waals surface area contributed by atoms with Gasteiger partial charge in [0.15, 0.2) is 5.69 Å². The van der Waals surface area contributed by atoms with E-state index in [1.165, 1.54) is 20.8 Å². The molecule has 0 aliphatic carbocycles. The molecule has 0 aliphatic rings. The number of aryl methyl sites for hydroxylation is 2. The zero-order valence-corrected chi connectivity index (χ0v) is 18.6. The van der Waals surface area contributed by atoms with Crippen LogP contribution >= 0.6 is 11.3 Å². The number of hydrogen-bond donors (Lipinski definition) is 2. The van der Waals surface area contributed by atoms with Crippen molar-refractivity contribution in [2.24, 2.45) is 0 Å². The van der Waals surface area contributed by atoms with Gasteiger partial charge < -0.3 is 10.5 Å². The molecular weight excluding hydrogens is 416 g/mol. The van der Waals surface area contributed by atoms with E-state index in [9.17, 15) is 14.4 Å². The fraction of sp³-hybridized carbons (Fsp3) is 0.318. The molecule has 1 aromatic carbocycles. The largest absolute Gasteiger partial charge is 0.385 e. The number of hydrogen-bond acceptors (Lipinski definition) is 6. The molecule has 8 nitrogen and oxygen atoms in total. The Balaban J connectivity index is 2.09. The van der Waals surface area contributed by atoms with E-state index in [4.69, 9.17) is 10.5 Å². The Bertz CT molecular complexity index is 1160. The van der Waals surface area contributed by atoms with E-state index in [1.807, 2.05) is 44.2 Å². The minimum Gasteiger partial charge on any atom is -0.385 e. The number of H-pyrrole nitrogens is 1. The summed E-state index contributed by atoms with van der Waals surface area (Å²) in [6.45, 7) is 4.67. The van der Waals surface area contributed by atoms with E-state index in [0.29, 0.717) is 17.9 Å². The monoisotopic (exact) mass is 442 g/mol. The van der Waals surface area contributed by atoms with Crippen LogP contribution in [0.1, 0.15) is 32.1 Å². The van der Waals surface area contributed by atoms with Crippen molar-refractivity contribution in [1.82, 2.24) is 9.55 Å². The number of carbonyl (C=O) groups is 1. The van der Waals surface area contributed by atoms with E-state index >= 15 is 0 Å². The van der Waals surface area contributed by atoms with Gasteiger partial charge in [-0.05, 0) is 37.5 Å². The van der Waals surface area contributed by atoms with Gasteiger partial charge in [-0.15, -0.1) is 11.3 Å². The molecule has 1 amide bonds. The van der Waals surface area contributed by atoms with Crippen LogP contribution in [0.15, 0.2) is 46.0 Å². The van der Waals surface area contributed by atoms with Crippen molar-refractivity contribution in [2.45, 2.75) is 26.8 Å². The van der Waals surface area contributed by atoms with Gasteiger partial charge in [-0.3, -0.25) is 24.0 Å². The zero-order valence-electron chi connectivity index (χ0n) is 17.8. The molecule has 2 aromatic heterocycles. The van der Waals surface area contributed by atoms with E-state index in [-0.39, 0.29) is 30.5 Å². The summed E-state index contributed by atoms with van der Waals surface area (Å²) in [6.07, 6.45) is 0.502. The third kappa shape index (κ3) is 4.95. The molecule has 0 atom stereocenters. The highest BCUT2D eigenvalue weighted by Crippen LogP contribution is 2.26. The molecule has 3 aromatic rings. The number of rotatable bonds is 8. The van der Waals surface area contributed by atoms with Crippen LogP contribution in [0.4, 0.5) is 11.5 Å². The SMILES string of the molecule is COCCCN(C(=O)c1cc(C)c(C)s1)c1c(N)n(Cc2ccccc2)c(=O)[nH]c1=O. The van der Waals surface area contributed by atoms with Crippen LogP contribution in [-0.2, 0) is 11.3 Å². The number of thiophene rings is 1. The number of aromatic amines is 1. The lowest BCUT2D eigenvalue weighted by Crippen LogP contribution is -2.41. The number of amides is 1. The Morgan fingerprint density at radius 3 is 2.55 bits per heavy atom. The predicted octanol–water partition coefficient (Wildman–Crippen LogP) is 2.53. The highest BCUT2D eigenvalue weighted by atomic mass is 32.1. The van der Waals surface area contributed by atoms with Crippen LogP contribution < -0.4 is 21.9 Å². The number of anilines is 2.